The van der Waals surface area contributed by atoms with E-state index < -0.39 is 8.32 Å². The number of rotatable bonds is 4. The molecule has 0 saturated carbocycles. The zero-order valence-electron chi connectivity index (χ0n) is 14.3. The zero-order chi connectivity index (χ0) is 17.2. The van der Waals surface area contributed by atoms with Gasteiger partial charge < -0.3 is 4.12 Å². The van der Waals surface area contributed by atoms with Gasteiger partial charge in [-0.3, -0.25) is 0 Å². The third-order valence-electron chi connectivity index (χ3n) is 4.95. The fraction of sp³-hybridized carbons (Fsp3) is 0.143. The van der Waals surface area contributed by atoms with Crippen LogP contribution in [-0.4, -0.2) is 18.8 Å². The first kappa shape index (κ1) is 16.9. The normalized spacial score (nSPS) is 11.5. The molecule has 3 rings (SSSR count). The lowest BCUT2D eigenvalue weighted by Crippen LogP contribution is -2.69. The van der Waals surface area contributed by atoms with E-state index in [0.717, 1.165) is 0 Å². The fourth-order valence-electron chi connectivity index (χ4n) is 3.33. The second-order valence-corrected chi connectivity index (χ2v) is 10.1. The molecule has 0 aliphatic carbocycles. The standard InChI is InChI=1S/C21H21OSi2/c1-16-14-15-21(18(3)17(16)2)24(22-23,19-10-6-4-7-11-19)20-12-8-5-9-13-20/h4-15H,1-3H3. The molecule has 0 aliphatic heterocycles. The Morgan fingerprint density at radius 1 is 0.667 bits per heavy atom. The van der Waals surface area contributed by atoms with Crippen LogP contribution in [-0.2, 0) is 4.12 Å². The van der Waals surface area contributed by atoms with Gasteiger partial charge in [-0.05, 0) is 53.0 Å². The third-order valence-corrected chi connectivity index (χ3v) is 9.77. The van der Waals surface area contributed by atoms with E-state index in [2.05, 4.69) is 104 Å². The molecular formula is C21H21OSi2. The van der Waals surface area contributed by atoms with Crippen LogP contribution in [0.25, 0.3) is 0 Å². The summed E-state index contributed by atoms with van der Waals surface area (Å²) in [6.07, 6.45) is 0. The maximum Gasteiger partial charge on any atom is 0.278 e. The molecule has 0 aromatic heterocycles. The van der Waals surface area contributed by atoms with Crippen LogP contribution in [0.4, 0.5) is 0 Å². The Kier molecular flexibility index (Phi) is 4.85. The fourth-order valence-corrected chi connectivity index (χ4v) is 8.03. The molecular weight excluding hydrogens is 324 g/mol. The van der Waals surface area contributed by atoms with Gasteiger partial charge in [0.2, 0.25) is 10.5 Å². The van der Waals surface area contributed by atoms with Gasteiger partial charge in [0.1, 0.15) is 0 Å². The predicted octanol–water partition coefficient (Wildman–Crippen LogP) is 2.68. The topological polar surface area (TPSA) is 9.23 Å². The summed E-state index contributed by atoms with van der Waals surface area (Å²) in [5.74, 6) is 0. The molecule has 3 heteroatoms. The van der Waals surface area contributed by atoms with Crippen LogP contribution in [0.2, 0.25) is 0 Å². The van der Waals surface area contributed by atoms with Gasteiger partial charge >= 0.3 is 0 Å². The van der Waals surface area contributed by atoms with Crippen LogP contribution < -0.4 is 15.6 Å². The first-order valence-corrected chi connectivity index (χ1v) is 10.5. The van der Waals surface area contributed by atoms with E-state index in [1.807, 2.05) is 0 Å². The molecule has 0 atom stereocenters. The Hall–Kier alpha value is -1.95. The first-order chi connectivity index (χ1) is 11.6. The summed E-state index contributed by atoms with van der Waals surface area (Å²) < 4.78 is 6.22. The molecule has 0 aliphatic rings. The van der Waals surface area contributed by atoms with Gasteiger partial charge in [-0.15, -0.1) is 0 Å². The highest BCUT2D eigenvalue weighted by molar-refractivity contribution is 7.08. The summed E-state index contributed by atoms with van der Waals surface area (Å²) in [6, 6.07) is 25.6. The van der Waals surface area contributed by atoms with Crippen molar-refractivity contribution in [2.45, 2.75) is 20.8 Å². The Balaban J connectivity index is 2.37. The van der Waals surface area contributed by atoms with Gasteiger partial charge in [0.05, 0.1) is 0 Å². The summed E-state index contributed by atoms with van der Waals surface area (Å²) in [4.78, 5) is 0. The Bertz CT molecular complexity index is 790. The lowest BCUT2D eigenvalue weighted by molar-refractivity contribution is 0.643. The van der Waals surface area contributed by atoms with E-state index in [-0.39, 0.29) is 0 Å². The zero-order valence-corrected chi connectivity index (χ0v) is 16.3. The van der Waals surface area contributed by atoms with Gasteiger partial charge in [-0.2, -0.15) is 0 Å². The lowest BCUT2D eigenvalue weighted by atomic mass is 10.1. The molecule has 0 amide bonds. The van der Waals surface area contributed by atoms with E-state index in [1.54, 1.807) is 0 Å². The average Bonchev–Trinajstić information content (AvgIpc) is 2.64. The number of hydrogen-bond donors (Lipinski definition) is 0. The Morgan fingerprint density at radius 2 is 1.17 bits per heavy atom. The number of aryl methyl sites for hydroxylation is 1. The highest BCUT2D eigenvalue weighted by Crippen LogP contribution is 2.16. The van der Waals surface area contributed by atoms with Crippen molar-refractivity contribution in [1.29, 1.82) is 0 Å². The minimum atomic E-state index is -2.58. The predicted molar refractivity (Wildman–Crippen MR) is 105 cm³/mol. The molecule has 1 nitrogen and oxygen atoms in total. The van der Waals surface area contributed by atoms with Crippen molar-refractivity contribution >= 4 is 34.4 Å². The lowest BCUT2D eigenvalue weighted by Gasteiger charge is -2.33. The van der Waals surface area contributed by atoms with Crippen LogP contribution in [0.15, 0.2) is 72.8 Å². The average molecular weight is 346 g/mol. The molecule has 119 valence electrons. The van der Waals surface area contributed by atoms with Gasteiger partial charge in [0, 0.05) is 0 Å². The van der Waals surface area contributed by atoms with Gasteiger partial charge in [-0.25, -0.2) is 0 Å². The summed E-state index contributed by atoms with van der Waals surface area (Å²) >= 11 is 0. The van der Waals surface area contributed by atoms with Crippen molar-refractivity contribution in [3.05, 3.63) is 89.5 Å². The van der Waals surface area contributed by atoms with Crippen LogP contribution in [0.3, 0.4) is 0 Å². The Labute approximate surface area is 149 Å². The van der Waals surface area contributed by atoms with E-state index in [9.17, 15) is 0 Å². The number of hydrogen-bond acceptors (Lipinski definition) is 1. The highest BCUT2D eigenvalue weighted by Gasteiger charge is 2.41. The van der Waals surface area contributed by atoms with Gasteiger partial charge in [-0.1, -0.05) is 72.8 Å². The van der Waals surface area contributed by atoms with Crippen molar-refractivity contribution in [2.24, 2.45) is 0 Å². The molecule has 3 aromatic carbocycles. The van der Waals surface area contributed by atoms with Crippen LogP contribution >= 0.6 is 0 Å². The largest absolute Gasteiger partial charge is 0.447 e. The van der Waals surface area contributed by atoms with E-state index in [0.29, 0.717) is 0 Å². The number of benzene rings is 3. The molecule has 3 radical (unpaired) electrons. The molecule has 0 fully saturated rings. The van der Waals surface area contributed by atoms with Gasteiger partial charge in [0.15, 0.2) is 0 Å². The monoisotopic (exact) mass is 345 g/mol. The molecule has 0 spiro atoms. The summed E-state index contributed by atoms with van der Waals surface area (Å²) in [6.45, 7) is 6.56. The Morgan fingerprint density at radius 3 is 1.62 bits per heavy atom. The highest BCUT2D eigenvalue weighted by atomic mass is 28.4. The van der Waals surface area contributed by atoms with Crippen molar-refractivity contribution in [3.63, 3.8) is 0 Å². The molecule has 3 aromatic rings. The maximum atomic E-state index is 6.22. The minimum absolute atomic E-state index is 1.23. The van der Waals surface area contributed by atoms with Crippen molar-refractivity contribution < 1.29 is 4.12 Å². The quantitative estimate of drug-likeness (QED) is 0.522. The SMILES string of the molecule is Cc1ccc([Si](O[Si])(c2ccccc2)c2ccccc2)c(C)c1C. The summed E-state index contributed by atoms with van der Waals surface area (Å²) in [5.41, 5.74) is 3.96. The van der Waals surface area contributed by atoms with Crippen molar-refractivity contribution in [2.75, 3.05) is 0 Å². The minimum Gasteiger partial charge on any atom is -0.447 e. The van der Waals surface area contributed by atoms with Crippen LogP contribution in [0.5, 0.6) is 0 Å². The molecule has 0 saturated heterocycles. The summed E-state index contributed by atoms with van der Waals surface area (Å²) in [7, 11) is 0.897. The second kappa shape index (κ2) is 6.89. The molecule has 0 bridgehead atoms. The summed E-state index contributed by atoms with van der Waals surface area (Å²) in [5, 5.41) is 3.76. The van der Waals surface area contributed by atoms with Crippen molar-refractivity contribution in [3.8, 4) is 0 Å². The van der Waals surface area contributed by atoms with Crippen LogP contribution in [0.1, 0.15) is 16.7 Å². The molecule has 0 N–H and O–H groups in total. The third kappa shape index (κ3) is 2.69. The van der Waals surface area contributed by atoms with Crippen molar-refractivity contribution in [1.82, 2.24) is 0 Å². The van der Waals surface area contributed by atoms with E-state index in [1.165, 1.54) is 32.3 Å². The first-order valence-electron chi connectivity index (χ1n) is 8.14. The second-order valence-electron chi connectivity index (χ2n) is 6.20. The van der Waals surface area contributed by atoms with E-state index >= 15 is 0 Å². The molecule has 24 heavy (non-hydrogen) atoms. The molecule has 0 unspecified atom stereocenters. The van der Waals surface area contributed by atoms with Crippen LogP contribution in [0, 0.1) is 20.8 Å². The molecule has 0 heterocycles. The maximum absolute atomic E-state index is 6.22. The van der Waals surface area contributed by atoms with E-state index in [4.69, 9.17) is 4.12 Å². The smallest absolute Gasteiger partial charge is 0.278 e. The van der Waals surface area contributed by atoms with Gasteiger partial charge in [0.25, 0.3) is 8.32 Å².